The number of phenols is 2. The van der Waals surface area contributed by atoms with Crippen molar-refractivity contribution in [3.05, 3.63) is 244 Å². The van der Waals surface area contributed by atoms with E-state index in [-0.39, 0.29) is 169 Å². The van der Waals surface area contributed by atoms with Crippen molar-refractivity contribution in [2.75, 3.05) is 112 Å². The normalized spacial score (nSPS) is 12.9. The summed E-state index contributed by atoms with van der Waals surface area (Å²) in [6.45, 7) is 20.1. The van der Waals surface area contributed by atoms with E-state index in [9.17, 15) is 15.2 Å². The van der Waals surface area contributed by atoms with E-state index < -0.39 is 18.9 Å². The van der Waals surface area contributed by atoms with Gasteiger partial charge in [-0.25, -0.2) is 24.6 Å². The number of aromatic nitrogens is 4. The van der Waals surface area contributed by atoms with Crippen molar-refractivity contribution in [1.29, 1.82) is 10.5 Å². The van der Waals surface area contributed by atoms with Crippen LogP contribution in [-0.2, 0) is 57.1 Å². The maximum absolute atomic E-state index is 10.2. The number of aliphatic hydroxyl groups excluding tert-OH is 2. The minimum Gasteiger partial charge on any atom is -1.00 e. The standard InChI is InChI=1S/C18H18BrN3O4.2C15H10BrClN2O3.C9H9BrO3.C7H5BrO2.C6H2Cl2N2.C3H9NO.C2H6O2.CH2O3.2K.H/c1-23-7-6-21-16-5-2-12(11-20)17(22-16)26-13-3-4-15(19)14(10-13)18-24-8-9-25-18;1-18-12-4-5-13(19-14(12)17)22-9-2-3-11(16)10(8-9)15-20-6-7-21-15;16-12-3-2-10(7-11(12)15-20-5-6-21-15)22-14-9(8-18)1-4-13(17)19-14;10-8-2-1-6(11)5-7(8)9-12-3-4-13-9;8-7-2-1-6(10)3-5(7)4-9;1-9-4-2-3-5(7)10-6(4)8;1-5-3-2-4;3-1-2-4;2-1-4-3;;;/h2-5,10,18H,6-9H2,1H3,(H,21,22);2-5,8,15H,6-7H2;1-4,7,15H,5-6H2;1-2,5,9,11H,3-4H2;1-4,10H;2-3H;2-4H2,1H3;3-4H,1-2H2;1,3H;;;/q;;;;;;;;;2*+1;-1/p-1. The smallest absolute Gasteiger partial charge is 1.00 e. The molecular formula is C76H71Br5Cl4K2N10O21. The summed E-state index contributed by atoms with van der Waals surface area (Å²) in [6, 6.07) is 42.7. The number of benzene rings is 5. The predicted octanol–water partition coefficient (Wildman–Crippen LogP) is 10.9. The number of carbonyl (C=O) groups excluding carboxylic acids is 2. The molecule has 4 aromatic heterocycles. The van der Waals surface area contributed by atoms with Crippen LogP contribution in [0.3, 0.4) is 0 Å². The number of methoxy groups -OCH3 is 2. The third-order valence-corrected chi connectivity index (χ3v) is 18.6. The second kappa shape index (κ2) is 61.2. The number of anilines is 1. The Balaban J connectivity index is 0.000000479. The summed E-state index contributed by atoms with van der Waals surface area (Å²) in [6.07, 6.45) is -0.927. The summed E-state index contributed by atoms with van der Waals surface area (Å²) in [5.41, 5.74) is 10.1. The van der Waals surface area contributed by atoms with Crippen LogP contribution in [0, 0.1) is 35.8 Å². The second-order valence-corrected chi connectivity index (χ2v) is 27.7. The number of nitrogens with two attached hydrogens (primary N) is 1. The van der Waals surface area contributed by atoms with E-state index in [2.05, 4.69) is 130 Å². The molecule has 118 heavy (non-hydrogen) atoms. The summed E-state index contributed by atoms with van der Waals surface area (Å²) in [4.78, 5) is 44.0. The summed E-state index contributed by atoms with van der Waals surface area (Å²) >= 11 is 39.7. The number of aliphatic hydroxyl groups is 2. The minimum absolute atomic E-state index is 0. The van der Waals surface area contributed by atoms with Crippen molar-refractivity contribution < 1.29 is 206 Å². The van der Waals surface area contributed by atoms with Gasteiger partial charge in [0.2, 0.25) is 29.0 Å². The van der Waals surface area contributed by atoms with Crippen LogP contribution in [0.1, 0.15) is 70.3 Å². The number of nitrogens with one attached hydrogen (secondary N) is 1. The first-order valence-corrected chi connectivity index (χ1v) is 38.9. The van der Waals surface area contributed by atoms with E-state index in [0.29, 0.717) is 152 Å². The fourth-order valence-electron chi connectivity index (χ4n) is 8.85. The van der Waals surface area contributed by atoms with Crippen LogP contribution in [-0.4, -0.2) is 160 Å². The molecule has 4 saturated heterocycles. The molecule has 0 saturated carbocycles. The van der Waals surface area contributed by atoms with Crippen molar-refractivity contribution in [1.82, 2.24) is 19.9 Å². The Labute approximate surface area is 827 Å². The maximum atomic E-state index is 10.2. The summed E-state index contributed by atoms with van der Waals surface area (Å²) in [5.74, 6) is 3.28. The Morgan fingerprint density at radius 2 is 0.907 bits per heavy atom. The number of halogens is 9. The van der Waals surface area contributed by atoms with E-state index in [4.69, 9.17) is 153 Å². The van der Waals surface area contributed by atoms with Gasteiger partial charge in [0.05, 0.1) is 92.4 Å². The minimum atomic E-state index is -0.432. The van der Waals surface area contributed by atoms with Gasteiger partial charge >= 0.3 is 103 Å². The van der Waals surface area contributed by atoms with Gasteiger partial charge in [0.25, 0.3) is 6.47 Å². The largest absolute Gasteiger partial charge is 1.00 e. The molecule has 0 radical (unpaired) electrons. The fraction of sp³-hybridized carbons (Fsp3) is 0.263. The number of aldehydes is 1. The zero-order valence-electron chi connectivity index (χ0n) is 63.9. The molecule has 616 valence electrons. The monoisotopic (exact) mass is 2070 g/mol. The molecule has 42 heteroatoms. The summed E-state index contributed by atoms with van der Waals surface area (Å²) in [7, 11) is 3.26. The number of hydrogen-bond acceptors (Lipinski definition) is 29. The molecule has 0 unspecified atom stereocenters. The van der Waals surface area contributed by atoms with Crippen LogP contribution in [0.25, 0.3) is 9.69 Å². The number of nitrogens with zero attached hydrogens (tertiary/aromatic N) is 8. The molecule has 9 aromatic rings. The van der Waals surface area contributed by atoms with E-state index in [1.807, 2.05) is 36.4 Å². The van der Waals surface area contributed by atoms with E-state index in [1.54, 1.807) is 99.1 Å². The maximum Gasteiger partial charge on any atom is 1.00 e. The topological polar surface area (TPSA) is 413 Å². The first kappa shape index (κ1) is 107. The van der Waals surface area contributed by atoms with Crippen LogP contribution in [0.15, 0.2) is 162 Å². The Bertz CT molecular complexity index is 4780. The van der Waals surface area contributed by atoms with E-state index in [0.717, 1.165) is 40.1 Å². The average molecular weight is 2080 g/mol. The predicted molar refractivity (Wildman–Crippen MR) is 441 cm³/mol. The molecule has 0 atom stereocenters. The zero-order valence-corrected chi connectivity index (χ0v) is 80.1. The quantitative estimate of drug-likeness (QED) is 0.00833. The van der Waals surface area contributed by atoms with Gasteiger partial charge in [0.1, 0.15) is 78.4 Å². The second-order valence-electron chi connectivity index (χ2n) is 21.9. The van der Waals surface area contributed by atoms with E-state index >= 15 is 0 Å². The van der Waals surface area contributed by atoms with Gasteiger partial charge in [0, 0.05) is 77.5 Å². The van der Waals surface area contributed by atoms with Crippen molar-refractivity contribution in [3.8, 4) is 58.5 Å². The van der Waals surface area contributed by atoms with Crippen LogP contribution >= 0.6 is 126 Å². The van der Waals surface area contributed by atoms with Crippen molar-refractivity contribution in [3.63, 3.8) is 0 Å². The van der Waals surface area contributed by atoms with Gasteiger partial charge < -0.3 is 105 Å². The molecule has 4 aliphatic heterocycles. The number of ether oxygens (including phenoxy) is 13. The Morgan fingerprint density at radius 1 is 0.534 bits per heavy atom. The molecule has 5 aromatic carbocycles. The van der Waals surface area contributed by atoms with Crippen LogP contribution in [0.2, 0.25) is 20.6 Å². The van der Waals surface area contributed by atoms with E-state index in [1.165, 1.54) is 24.3 Å². The van der Waals surface area contributed by atoms with Crippen LogP contribution < -0.4 is 133 Å². The molecule has 31 nitrogen and oxygen atoms in total. The van der Waals surface area contributed by atoms with Crippen LogP contribution in [0.4, 0.5) is 17.2 Å². The first-order valence-electron chi connectivity index (χ1n) is 33.4. The molecule has 4 aliphatic rings. The molecule has 7 N–H and O–H groups in total. The molecule has 0 spiro atoms. The van der Waals surface area contributed by atoms with Crippen molar-refractivity contribution >= 4 is 156 Å². The third kappa shape index (κ3) is 38.3. The number of hydrogen-bond donors (Lipinski definition) is 6. The Morgan fingerprint density at radius 3 is 1.28 bits per heavy atom. The molecule has 0 aliphatic carbocycles. The van der Waals surface area contributed by atoms with Gasteiger partial charge in [-0.05, 0) is 133 Å². The average Bonchev–Trinajstić information content (AvgIpc) is 1.82. The summed E-state index contributed by atoms with van der Waals surface area (Å²) in [5, 5.41) is 64.2. The van der Waals surface area contributed by atoms with Crippen molar-refractivity contribution in [2.24, 2.45) is 5.73 Å². The Kier molecular flexibility index (Phi) is 55.5. The number of rotatable bonds is 19. The Hall–Kier alpha value is -5.13. The number of nitriles is 2. The molecule has 0 amide bonds. The molecular weight excluding hydrogens is 2010 g/mol. The molecule has 8 heterocycles. The fourth-order valence-corrected chi connectivity index (χ4v) is 11.6. The SMILES string of the molecule is COCCN.COCCNc1ccc(C#N)c(Oc2ccc(Br)c(C3OCCO3)c2)n1.N#Cc1ccc(Cl)nc1Oc1ccc(Br)c(C2OCCO2)c1.O=CO[O-].O=Cc1cc(O)ccc1Br.OCCO.Oc1ccc(Br)c(C2OCCO2)c1.[C-]#[N+]c1ccc(Cl)nc1Cl.[C-]#[N+]c1ccc(Oc2ccc(Br)c(C3OCCO3)c2)nc1Cl.[H-].[K+].[K+]. The number of pyridine rings is 4. The zero-order chi connectivity index (χ0) is 84.7. The first-order chi connectivity index (χ1) is 56.0. The molecule has 0 bridgehead atoms. The number of carbonyl (C=O) groups is 2. The number of aromatic hydroxyl groups is 2. The third-order valence-electron chi connectivity index (χ3n) is 14.0. The summed E-state index contributed by atoms with van der Waals surface area (Å²) < 4.78 is 74.7. The van der Waals surface area contributed by atoms with Crippen LogP contribution in [0.5, 0.6) is 46.4 Å². The van der Waals surface area contributed by atoms with Crippen molar-refractivity contribution in [2.45, 2.75) is 25.2 Å². The van der Waals surface area contributed by atoms with Gasteiger partial charge in [-0.3, -0.25) is 9.59 Å². The van der Waals surface area contributed by atoms with Gasteiger partial charge in [-0.15, -0.1) is 0 Å². The van der Waals surface area contributed by atoms with Gasteiger partial charge in [-0.1, -0.05) is 132 Å². The number of phenolic OH excluding ortho intramolecular Hbond substituents is 2. The van der Waals surface area contributed by atoms with Gasteiger partial charge in [-0.2, -0.15) is 15.5 Å². The molecule has 13 rings (SSSR count). The molecule has 4 fully saturated rings. The van der Waals surface area contributed by atoms with Gasteiger partial charge in [0.15, 0.2) is 31.4 Å².